The third-order valence-electron chi connectivity index (χ3n) is 1.89. The van der Waals surface area contributed by atoms with Crippen molar-refractivity contribution >= 4 is 15.9 Å². The molecule has 0 saturated carbocycles. The molecule has 0 atom stereocenters. The van der Waals surface area contributed by atoms with Crippen molar-refractivity contribution in [3.63, 3.8) is 0 Å². The van der Waals surface area contributed by atoms with Gasteiger partial charge < -0.3 is 5.11 Å². The number of benzene rings is 1. The van der Waals surface area contributed by atoms with Crippen LogP contribution in [-0.4, -0.2) is 20.1 Å². The Morgan fingerprint density at radius 3 is 2.76 bits per heavy atom. The SMILES string of the molecule is Cc1ccc(NS(N)(=O)=O)c(C#CCCO)c1. The third-order valence-corrected chi connectivity index (χ3v) is 2.39. The number of nitrogens with two attached hydrogens (primary N) is 1. The maximum Gasteiger partial charge on any atom is 0.296 e. The van der Waals surface area contributed by atoms with Crippen LogP contribution in [0.25, 0.3) is 0 Å². The van der Waals surface area contributed by atoms with Gasteiger partial charge in [0.25, 0.3) is 10.2 Å². The first-order chi connectivity index (χ1) is 7.92. The van der Waals surface area contributed by atoms with Gasteiger partial charge in [-0.25, -0.2) is 5.14 Å². The van der Waals surface area contributed by atoms with Crippen LogP contribution < -0.4 is 9.86 Å². The Balaban J connectivity index is 3.09. The maximum absolute atomic E-state index is 10.9. The molecule has 0 spiro atoms. The largest absolute Gasteiger partial charge is 0.395 e. The minimum absolute atomic E-state index is 0.0310. The van der Waals surface area contributed by atoms with Gasteiger partial charge in [0.15, 0.2) is 0 Å². The molecule has 0 aliphatic rings. The van der Waals surface area contributed by atoms with E-state index in [1.807, 2.05) is 6.92 Å². The van der Waals surface area contributed by atoms with E-state index < -0.39 is 10.2 Å². The van der Waals surface area contributed by atoms with Crippen LogP contribution in [0.5, 0.6) is 0 Å². The molecule has 0 heterocycles. The van der Waals surface area contributed by atoms with Gasteiger partial charge in [0.1, 0.15) is 0 Å². The zero-order valence-corrected chi connectivity index (χ0v) is 10.2. The van der Waals surface area contributed by atoms with Crippen molar-refractivity contribution in [3.05, 3.63) is 29.3 Å². The van der Waals surface area contributed by atoms with Crippen molar-refractivity contribution in [3.8, 4) is 11.8 Å². The Hall–Kier alpha value is -1.55. The average molecular weight is 254 g/mol. The highest BCUT2D eigenvalue weighted by Gasteiger charge is 2.06. The van der Waals surface area contributed by atoms with Crippen molar-refractivity contribution in [2.24, 2.45) is 5.14 Å². The molecule has 5 nitrogen and oxygen atoms in total. The molecule has 4 N–H and O–H groups in total. The lowest BCUT2D eigenvalue weighted by molar-refractivity contribution is 0.305. The van der Waals surface area contributed by atoms with Gasteiger partial charge in [-0.1, -0.05) is 17.9 Å². The molecule has 0 fully saturated rings. The number of nitrogens with one attached hydrogen (secondary N) is 1. The molecule has 0 aliphatic carbocycles. The van der Waals surface area contributed by atoms with Crippen LogP contribution in [-0.2, 0) is 10.2 Å². The van der Waals surface area contributed by atoms with E-state index in [1.165, 1.54) is 0 Å². The van der Waals surface area contributed by atoms with Crippen molar-refractivity contribution in [1.29, 1.82) is 0 Å². The zero-order valence-electron chi connectivity index (χ0n) is 9.40. The van der Waals surface area contributed by atoms with Crippen molar-refractivity contribution in [2.75, 3.05) is 11.3 Å². The van der Waals surface area contributed by atoms with Crippen LogP contribution in [0.15, 0.2) is 18.2 Å². The highest BCUT2D eigenvalue weighted by molar-refractivity contribution is 7.90. The van der Waals surface area contributed by atoms with Gasteiger partial charge in [0.2, 0.25) is 0 Å². The number of aryl methyl sites for hydroxylation is 1. The van der Waals surface area contributed by atoms with E-state index in [1.54, 1.807) is 18.2 Å². The van der Waals surface area contributed by atoms with E-state index in [0.717, 1.165) is 5.56 Å². The van der Waals surface area contributed by atoms with Gasteiger partial charge in [-0.15, -0.1) is 0 Å². The van der Waals surface area contributed by atoms with E-state index in [0.29, 0.717) is 17.7 Å². The molecule has 6 heteroatoms. The Bertz CT molecular complexity index is 556. The summed E-state index contributed by atoms with van der Waals surface area (Å²) in [5.41, 5.74) is 1.83. The fourth-order valence-corrected chi connectivity index (χ4v) is 1.70. The minimum Gasteiger partial charge on any atom is -0.395 e. The van der Waals surface area contributed by atoms with Crippen molar-refractivity contribution in [1.82, 2.24) is 0 Å². The van der Waals surface area contributed by atoms with Gasteiger partial charge in [-0.2, -0.15) is 8.42 Å². The molecule has 92 valence electrons. The summed E-state index contributed by atoms with van der Waals surface area (Å²) in [7, 11) is -3.81. The highest BCUT2D eigenvalue weighted by atomic mass is 32.2. The summed E-state index contributed by atoms with van der Waals surface area (Å²) in [5, 5.41) is 13.5. The van der Waals surface area contributed by atoms with Crippen LogP contribution in [0.3, 0.4) is 0 Å². The lowest BCUT2D eigenvalue weighted by atomic mass is 10.1. The molecule has 0 radical (unpaired) electrons. The number of rotatable bonds is 3. The normalized spacial score (nSPS) is 10.5. The first-order valence-electron chi connectivity index (χ1n) is 4.93. The summed E-state index contributed by atoms with van der Waals surface area (Å²) < 4.78 is 24.1. The Morgan fingerprint density at radius 1 is 1.47 bits per heavy atom. The molecule has 0 unspecified atom stereocenters. The van der Waals surface area contributed by atoms with E-state index in [4.69, 9.17) is 10.2 Å². The lowest BCUT2D eigenvalue weighted by Gasteiger charge is -2.06. The summed E-state index contributed by atoms with van der Waals surface area (Å²) in [5.74, 6) is 5.51. The van der Waals surface area contributed by atoms with Gasteiger partial charge in [0.05, 0.1) is 12.3 Å². The fraction of sp³-hybridized carbons (Fsp3) is 0.273. The Labute approximate surface area is 101 Å². The topological polar surface area (TPSA) is 92.4 Å². The summed E-state index contributed by atoms with van der Waals surface area (Å²) in [6.45, 7) is 1.84. The maximum atomic E-state index is 10.9. The van der Waals surface area contributed by atoms with Crippen LogP contribution in [0, 0.1) is 18.8 Å². The molecule has 1 aromatic carbocycles. The summed E-state index contributed by atoms with van der Waals surface area (Å²) in [6, 6.07) is 5.10. The van der Waals surface area contributed by atoms with Gasteiger partial charge >= 0.3 is 0 Å². The van der Waals surface area contributed by atoms with E-state index in [-0.39, 0.29) is 6.61 Å². The molecular formula is C11H14N2O3S. The summed E-state index contributed by atoms with van der Waals surface area (Å²) in [4.78, 5) is 0. The lowest BCUT2D eigenvalue weighted by Crippen LogP contribution is -2.22. The molecule has 0 bridgehead atoms. The molecule has 1 aromatic rings. The predicted molar refractivity (Wildman–Crippen MR) is 66.5 cm³/mol. The molecular weight excluding hydrogens is 240 g/mol. The third kappa shape index (κ3) is 4.87. The number of anilines is 1. The smallest absolute Gasteiger partial charge is 0.296 e. The molecule has 0 saturated heterocycles. The quantitative estimate of drug-likeness (QED) is 0.679. The Morgan fingerprint density at radius 2 is 2.18 bits per heavy atom. The second-order valence-electron chi connectivity index (χ2n) is 3.47. The fourth-order valence-electron chi connectivity index (χ4n) is 1.22. The second kappa shape index (κ2) is 5.68. The molecule has 0 aliphatic heterocycles. The Kier molecular flexibility index (Phi) is 4.52. The van der Waals surface area contributed by atoms with Gasteiger partial charge in [-0.3, -0.25) is 4.72 Å². The van der Waals surface area contributed by atoms with Crippen molar-refractivity contribution in [2.45, 2.75) is 13.3 Å². The first kappa shape index (κ1) is 13.5. The monoisotopic (exact) mass is 254 g/mol. The first-order valence-corrected chi connectivity index (χ1v) is 6.48. The number of aliphatic hydroxyl groups is 1. The zero-order chi connectivity index (χ0) is 12.9. The minimum atomic E-state index is -3.81. The van der Waals surface area contributed by atoms with E-state index in [2.05, 4.69) is 16.6 Å². The van der Waals surface area contributed by atoms with E-state index >= 15 is 0 Å². The molecule has 17 heavy (non-hydrogen) atoms. The number of aliphatic hydroxyl groups excluding tert-OH is 1. The van der Waals surface area contributed by atoms with Crippen LogP contribution in [0.1, 0.15) is 17.5 Å². The summed E-state index contributed by atoms with van der Waals surface area (Å²) in [6.07, 6.45) is 0.336. The molecule has 0 amide bonds. The summed E-state index contributed by atoms with van der Waals surface area (Å²) >= 11 is 0. The van der Waals surface area contributed by atoms with Crippen molar-refractivity contribution < 1.29 is 13.5 Å². The molecule has 0 aromatic heterocycles. The van der Waals surface area contributed by atoms with Crippen LogP contribution >= 0.6 is 0 Å². The van der Waals surface area contributed by atoms with E-state index in [9.17, 15) is 8.42 Å². The van der Waals surface area contributed by atoms with Gasteiger partial charge in [0, 0.05) is 12.0 Å². The van der Waals surface area contributed by atoms with Crippen LogP contribution in [0.2, 0.25) is 0 Å². The number of hydrogen-bond acceptors (Lipinski definition) is 3. The van der Waals surface area contributed by atoms with Gasteiger partial charge in [-0.05, 0) is 24.6 Å². The highest BCUT2D eigenvalue weighted by Crippen LogP contribution is 2.16. The van der Waals surface area contributed by atoms with Crippen LogP contribution in [0.4, 0.5) is 5.69 Å². The predicted octanol–water partition coefficient (Wildman–Crippen LogP) is 0.344. The number of hydrogen-bond donors (Lipinski definition) is 3. The molecule has 1 rings (SSSR count). The standard InChI is InChI=1S/C11H14N2O3S/c1-9-5-6-11(13-17(12,15)16)10(8-9)4-2-3-7-14/h5-6,8,13-14H,3,7H2,1H3,(H2,12,15,16). The average Bonchev–Trinajstić information content (AvgIpc) is 2.20. The second-order valence-corrected chi connectivity index (χ2v) is 4.77.